The van der Waals surface area contributed by atoms with E-state index in [0.29, 0.717) is 13.2 Å². The molecule has 1 fully saturated rings. The first-order valence-corrected chi connectivity index (χ1v) is 6.60. The number of carbonyl (C=O) groups is 1. The summed E-state index contributed by atoms with van der Waals surface area (Å²) in [6.45, 7) is 3.13. The Bertz CT molecular complexity index is 362. The molecule has 1 aromatic rings. The van der Waals surface area contributed by atoms with Crippen LogP contribution in [0, 0.1) is 0 Å². The normalized spacial score (nSPS) is 23.8. The molecule has 0 radical (unpaired) electrons. The molecular weight excluding hydrogens is 240 g/mol. The molecule has 1 saturated heterocycles. The maximum Gasteiger partial charge on any atom is 0.251 e. The first-order valence-electron chi connectivity index (χ1n) is 5.61. The third-order valence-electron chi connectivity index (χ3n) is 2.73. The molecular formula is C10H16N4O2S. The standard InChI is InChI=1S/C10H16N4O2S/c1-10(3-2-5-16-10)9(15)11-4-6-17-8-7-12-14-13-8/h7H,2-6H2,1H3,(H,11,15)(H,12,13,14)/t10-/m1/s1. The summed E-state index contributed by atoms with van der Waals surface area (Å²) in [5.41, 5.74) is -0.626. The van der Waals surface area contributed by atoms with Crippen LogP contribution in [-0.2, 0) is 9.53 Å². The van der Waals surface area contributed by atoms with Crippen LogP contribution in [0.15, 0.2) is 11.2 Å². The summed E-state index contributed by atoms with van der Waals surface area (Å²) in [6.07, 6.45) is 3.42. The molecule has 17 heavy (non-hydrogen) atoms. The van der Waals surface area contributed by atoms with Crippen molar-refractivity contribution < 1.29 is 9.53 Å². The molecule has 1 aromatic heterocycles. The van der Waals surface area contributed by atoms with Crippen molar-refractivity contribution in [3.05, 3.63) is 6.20 Å². The van der Waals surface area contributed by atoms with Crippen LogP contribution in [0.3, 0.4) is 0 Å². The number of amides is 1. The maximum atomic E-state index is 11.8. The number of aromatic nitrogens is 3. The molecule has 2 heterocycles. The van der Waals surface area contributed by atoms with Crippen molar-refractivity contribution in [1.82, 2.24) is 20.7 Å². The van der Waals surface area contributed by atoms with Gasteiger partial charge in [-0.25, -0.2) is 0 Å². The zero-order chi connectivity index (χ0) is 12.1. The van der Waals surface area contributed by atoms with Crippen LogP contribution in [0.1, 0.15) is 19.8 Å². The fourth-order valence-corrected chi connectivity index (χ4v) is 2.37. The minimum atomic E-state index is -0.626. The van der Waals surface area contributed by atoms with Gasteiger partial charge in [0.2, 0.25) is 0 Å². The Hall–Kier alpha value is -1.08. The van der Waals surface area contributed by atoms with Crippen molar-refractivity contribution in [2.75, 3.05) is 18.9 Å². The largest absolute Gasteiger partial charge is 0.365 e. The fraction of sp³-hybridized carbons (Fsp3) is 0.700. The summed E-state index contributed by atoms with van der Waals surface area (Å²) in [7, 11) is 0. The van der Waals surface area contributed by atoms with E-state index in [0.717, 1.165) is 23.6 Å². The van der Waals surface area contributed by atoms with E-state index in [4.69, 9.17) is 4.74 Å². The van der Waals surface area contributed by atoms with Gasteiger partial charge in [0.05, 0.1) is 6.20 Å². The molecule has 1 atom stereocenters. The number of thioether (sulfide) groups is 1. The molecule has 1 amide bonds. The number of ether oxygens (including phenoxy) is 1. The lowest BCUT2D eigenvalue weighted by molar-refractivity contribution is -0.139. The quantitative estimate of drug-likeness (QED) is 0.595. The average molecular weight is 256 g/mol. The molecule has 0 saturated carbocycles. The van der Waals surface area contributed by atoms with E-state index in [2.05, 4.69) is 20.7 Å². The number of H-pyrrole nitrogens is 1. The number of nitrogens with one attached hydrogen (secondary N) is 2. The zero-order valence-corrected chi connectivity index (χ0v) is 10.5. The van der Waals surface area contributed by atoms with E-state index in [1.807, 2.05) is 6.92 Å². The highest BCUT2D eigenvalue weighted by molar-refractivity contribution is 7.99. The molecule has 1 aliphatic rings. The third-order valence-corrected chi connectivity index (χ3v) is 3.63. The predicted octanol–water partition coefficient (Wildman–Crippen LogP) is 0.582. The fourth-order valence-electron chi connectivity index (χ4n) is 1.73. The van der Waals surface area contributed by atoms with Gasteiger partial charge >= 0.3 is 0 Å². The second-order valence-electron chi connectivity index (χ2n) is 4.10. The Balaban J connectivity index is 1.66. The SMILES string of the molecule is C[C@]1(C(=O)NCCSc2cn[nH]n2)CCCO1. The lowest BCUT2D eigenvalue weighted by atomic mass is 10.0. The van der Waals surface area contributed by atoms with Gasteiger partial charge in [0, 0.05) is 18.9 Å². The molecule has 94 valence electrons. The van der Waals surface area contributed by atoms with Crippen molar-refractivity contribution in [3.63, 3.8) is 0 Å². The Kier molecular flexibility index (Phi) is 4.01. The summed E-state index contributed by atoms with van der Waals surface area (Å²) in [5, 5.41) is 13.9. The topological polar surface area (TPSA) is 79.9 Å². The van der Waals surface area contributed by atoms with Crippen LogP contribution in [0.25, 0.3) is 0 Å². The molecule has 2 N–H and O–H groups in total. The van der Waals surface area contributed by atoms with Crippen molar-refractivity contribution in [3.8, 4) is 0 Å². The van der Waals surface area contributed by atoms with Gasteiger partial charge in [-0.1, -0.05) is 0 Å². The van der Waals surface area contributed by atoms with E-state index >= 15 is 0 Å². The highest BCUT2D eigenvalue weighted by Crippen LogP contribution is 2.24. The lowest BCUT2D eigenvalue weighted by Gasteiger charge is -2.21. The van der Waals surface area contributed by atoms with Crippen molar-refractivity contribution in [2.24, 2.45) is 0 Å². The summed E-state index contributed by atoms with van der Waals surface area (Å²) in [6, 6.07) is 0. The number of hydrogen-bond donors (Lipinski definition) is 2. The zero-order valence-electron chi connectivity index (χ0n) is 9.73. The average Bonchev–Trinajstić information content (AvgIpc) is 2.96. The minimum absolute atomic E-state index is 0.0178. The smallest absolute Gasteiger partial charge is 0.251 e. The monoisotopic (exact) mass is 256 g/mol. The van der Waals surface area contributed by atoms with Crippen LogP contribution in [0.5, 0.6) is 0 Å². The Morgan fingerprint density at radius 1 is 1.76 bits per heavy atom. The maximum absolute atomic E-state index is 11.8. The predicted molar refractivity (Wildman–Crippen MR) is 63.7 cm³/mol. The second-order valence-corrected chi connectivity index (χ2v) is 5.21. The van der Waals surface area contributed by atoms with Crippen LogP contribution in [0.2, 0.25) is 0 Å². The molecule has 0 bridgehead atoms. The summed E-state index contributed by atoms with van der Waals surface area (Å²) >= 11 is 1.55. The molecule has 0 spiro atoms. The van der Waals surface area contributed by atoms with Gasteiger partial charge in [-0.3, -0.25) is 4.79 Å². The minimum Gasteiger partial charge on any atom is -0.365 e. The van der Waals surface area contributed by atoms with Crippen LogP contribution < -0.4 is 5.32 Å². The van der Waals surface area contributed by atoms with Gasteiger partial charge in [0.1, 0.15) is 10.6 Å². The van der Waals surface area contributed by atoms with E-state index in [-0.39, 0.29) is 5.91 Å². The van der Waals surface area contributed by atoms with Gasteiger partial charge in [0.15, 0.2) is 0 Å². The van der Waals surface area contributed by atoms with E-state index < -0.39 is 5.60 Å². The Morgan fingerprint density at radius 3 is 3.29 bits per heavy atom. The van der Waals surface area contributed by atoms with Crippen molar-refractivity contribution in [1.29, 1.82) is 0 Å². The molecule has 1 aliphatic heterocycles. The number of hydrogen-bond acceptors (Lipinski definition) is 5. The first-order chi connectivity index (χ1) is 8.21. The van der Waals surface area contributed by atoms with Crippen LogP contribution in [-0.4, -0.2) is 45.8 Å². The Labute approximate surface area is 104 Å². The van der Waals surface area contributed by atoms with E-state index in [9.17, 15) is 4.79 Å². The lowest BCUT2D eigenvalue weighted by Crippen LogP contribution is -2.44. The molecule has 0 unspecified atom stereocenters. The summed E-state index contributed by atoms with van der Waals surface area (Å²) < 4.78 is 5.46. The molecule has 0 aromatic carbocycles. The van der Waals surface area contributed by atoms with E-state index in [1.54, 1.807) is 18.0 Å². The first kappa shape index (κ1) is 12.4. The molecule has 7 heteroatoms. The highest BCUT2D eigenvalue weighted by Gasteiger charge is 2.37. The third kappa shape index (κ3) is 3.19. The highest BCUT2D eigenvalue weighted by atomic mass is 32.2. The Morgan fingerprint density at radius 2 is 2.65 bits per heavy atom. The number of aromatic amines is 1. The summed E-state index contributed by atoms with van der Waals surface area (Å²) in [5.74, 6) is 0.754. The van der Waals surface area contributed by atoms with Gasteiger partial charge in [0.25, 0.3) is 5.91 Å². The second kappa shape index (κ2) is 5.50. The van der Waals surface area contributed by atoms with E-state index in [1.165, 1.54) is 0 Å². The summed E-state index contributed by atoms with van der Waals surface area (Å²) in [4.78, 5) is 11.8. The van der Waals surface area contributed by atoms with Gasteiger partial charge in [-0.15, -0.1) is 16.9 Å². The molecule has 6 nitrogen and oxygen atoms in total. The van der Waals surface area contributed by atoms with Gasteiger partial charge < -0.3 is 10.1 Å². The number of rotatable bonds is 5. The van der Waals surface area contributed by atoms with Crippen molar-refractivity contribution >= 4 is 17.7 Å². The van der Waals surface area contributed by atoms with Crippen LogP contribution in [0.4, 0.5) is 0 Å². The van der Waals surface area contributed by atoms with Crippen LogP contribution >= 0.6 is 11.8 Å². The number of nitrogens with zero attached hydrogens (tertiary/aromatic N) is 2. The molecule has 0 aliphatic carbocycles. The number of carbonyl (C=O) groups excluding carboxylic acids is 1. The van der Waals surface area contributed by atoms with Gasteiger partial charge in [-0.05, 0) is 19.8 Å². The van der Waals surface area contributed by atoms with Crippen molar-refractivity contribution in [2.45, 2.75) is 30.4 Å². The van der Waals surface area contributed by atoms with Gasteiger partial charge in [-0.2, -0.15) is 10.3 Å². The molecule has 2 rings (SSSR count).